The SMILES string of the molecule is COc1ccc(C(NC(=O)CCC2CCNCC2)c2nccn2C)cc1.Cl.Cl. The second-order valence-electron chi connectivity index (χ2n) is 6.90. The van der Waals surface area contributed by atoms with Gasteiger partial charge < -0.3 is 19.9 Å². The van der Waals surface area contributed by atoms with Gasteiger partial charge in [0.05, 0.1) is 7.11 Å². The van der Waals surface area contributed by atoms with Gasteiger partial charge in [-0.2, -0.15) is 0 Å². The number of aromatic nitrogens is 2. The highest BCUT2D eigenvalue weighted by Crippen LogP contribution is 2.24. The summed E-state index contributed by atoms with van der Waals surface area (Å²) in [6.07, 6.45) is 7.48. The van der Waals surface area contributed by atoms with Gasteiger partial charge >= 0.3 is 0 Å². The molecule has 1 fully saturated rings. The average molecular weight is 429 g/mol. The third-order valence-electron chi connectivity index (χ3n) is 5.11. The number of imidazole rings is 1. The number of methoxy groups -OCH3 is 1. The van der Waals surface area contributed by atoms with Crippen molar-refractivity contribution in [3.8, 4) is 5.75 Å². The first-order valence-corrected chi connectivity index (χ1v) is 9.28. The Labute approximate surface area is 179 Å². The zero-order valence-corrected chi connectivity index (χ0v) is 18.0. The molecule has 0 spiro atoms. The average Bonchev–Trinajstić information content (AvgIpc) is 3.11. The summed E-state index contributed by atoms with van der Waals surface area (Å²) < 4.78 is 7.18. The standard InChI is InChI=1S/C20H28N4O2.2ClH/c1-24-14-13-22-20(24)19(16-4-6-17(26-2)7-5-16)23-18(25)8-3-15-9-11-21-12-10-15;;/h4-7,13-15,19,21H,3,8-12H2,1-2H3,(H,23,25);2*1H. The number of amides is 1. The number of hydrogen-bond donors (Lipinski definition) is 2. The molecule has 2 aromatic rings. The number of rotatable bonds is 7. The first kappa shape index (κ1) is 24.3. The van der Waals surface area contributed by atoms with E-state index in [9.17, 15) is 4.79 Å². The molecule has 1 aromatic heterocycles. The van der Waals surface area contributed by atoms with Crippen molar-refractivity contribution < 1.29 is 9.53 Å². The number of hydrogen-bond acceptors (Lipinski definition) is 4. The minimum absolute atomic E-state index is 0. The molecule has 0 bridgehead atoms. The summed E-state index contributed by atoms with van der Waals surface area (Å²) in [6, 6.07) is 7.51. The van der Waals surface area contributed by atoms with Crippen molar-refractivity contribution >= 4 is 30.7 Å². The molecule has 1 amide bonds. The van der Waals surface area contributed by atoms with Gasteiger partial charge in [-0.1, -0.05) is 12.1 Å². The van der Waals surface area contributed by atoms with Crippen LogP contribution in [-0.2, 0) is 11.8 Å². The number of carbonyl (C=O) groups is 1. The summed E-state index contributed by atoms with van der Waals surface area (Å²) in [6.45, 7) is 2.13. The number of benzene rings is 1. The molecule has 0 aliphatic carbocycles. The topological polar surface area (TPSA) is 68.2 Å². The van der Waals surface area contributed by atoms with E-state index in [0.717, 1.165) is 49.5 Å². The molecule has 3 rings (SSSR count). The maximum atomic E-state index is 12.6. The molecule has 0 saturated carbocycles. The van der Waals surface area contributed by atoms with Crippen molar-refractivity contribution in [2.75, 3.05) is 20.2 Å². The van der Waals surface area contributed by atoms with E-state index in [1.165, 1.54) is 0 Å². The summed E-state index contributed by atoms with van der Waals surface area (Å²) in [5, 5.41) is 6.54. The van der Waals surface area contributed by atoms with E-state index in [-0.39, 0.29) is 36.8 Å². The molecule has 1 aromatic carbocycles. The van der Waals surface area contributed by atoms with E-state index in [1.807, 2.05) is 42.1 Å². The number of ether oxygens (including phenoxy) is 1. The highest BCUT2D eigenvalue weighted by Gasteiger charge is 2.22. The van der Waals surface area contributed by atoms with Crippen molar-refractivity contribution in [3.05, 3.63) is 48.0 Å². The minimum Gasteiger partial charge on any atom is -0.497 e. The number of nitrogens with zero attached hydrogens (tertiary/aromatic N) is 2. The Morgan fingerprint density at radius 3 is 2.54 bits per heavy atom. The van der Waals surface area contributed by atoms with Crippen LogP contribution < -0.4 is 15.4 Å². The number of halogens is 2. The van der Waals surface area contributed by atoms with Crippen LogP contribution in [0.1, 0.15) is 43.1 Å². The van der Waals surface area contributed by atoms with Crippen molar-refractivity contribution in [3.63, 3.8) is 0 Å². The third-order valence-corrected chi connectivity index (χ3v) is 5.11. The molecular formula is C20H30Cl2N4O2. The zero-order valence-electron chi connectivity index (χ0n) is 16.4. The third kappa shape index (κ3) is 6.40. The molecule has 1 atom stereocenters. The normalized spacial score (nSPS) is 15.1. The van der Waals surface area contributed by atoms with Gasteiger partial charge in [-0.3, -0.25) is 4.79 Å². The molecule has 1 unspecified atom stereocenters. The molecular weight excluding hydrogens is 399 g/mol. The highest BCUT2D eigenvalue weighted by molar-refractivity contribution is 5.85. The molecule has 1 saturated heterocycles. The molecule has 156 valence electrons. The monoisotopic (exact) mass is 428 g/mol. The molecule has 2 heterocycles. The number of aryl methyl sites for hydroxylation is 1. The first-order chi connectivity index (χ1) is 12.7. The number of piperidine rings is 1. The predicted octanol–water partition coefficient (Wildman–Crippen LogP) is 3.26. The van der Waals surface area contributed by atoms with E-state index in [4.69, 9.17) is 4.74 Å². The lowest BCUT2D eigenvalue weighted by atomic mass is 9.93. The van der Waals surface area contributed by atoms with Crippen molar-refractivity contribution in [2.24, 2.45) is 13.0 Å². The number of carbonyl (C=O) groups excluding carboxylic acids is 1. The van der Waals surface area contributed by atoms with Gasteiger partial charge in [-0.25, -0.2) is 4.98 Å². The van der Waals surface area contributed by atoms with E-state index in [0.29, 0.717) is 12.3 Å². The van der Waals surface area contributed by atoms with Gasteiger partial charge in [-0.15, -0.1) is 24.8 Å². The first-order valence-electron chi connectivity index (χ1n) is 9.28. The Hall–Kier alpha value is -1.76. The molecule has 28 heavy (non-hydrogen) atoms. The van der Waals surface area contributed by atoms with Crippen LogP contribution in [0.15, 0.2) is 36.7 Å². The Morgan fingerprint density at radius 2 is 1.96 bits per heavy atom. The smallest absolute Gasteiger partial charge is 0.220 e. The highest BCUT2D eigenvalue weighted by atomic mass is 35.5. The molecule has 2 N–H and O–H groups in total. The summed E-state index contributed by atoms with van der Waals surface area (Å²) in [5.41, 5.74) is 0.996. The van der Waals surface area contributed by atoms with E-state index in [2.05, 4.69) is 15.6 Å². The Kier molecular flexibility index (Phi) is 10.4. The molecule has 1 aliphatic rings. The second-order valence-corrected chi connectivity index (χ2v) is 6.90. The van der Waals surface area contributed by atoms with Gasteiger partial charge in [0.15, 0.2) is 0 Å². The van der Waals surface area contributed by atoms with Crippen LogP contribution in [0.5, 0.6) is 5.75 Å². The summed E-state index contributed by atoms with van der Waals surface area (Å²) in [4.78, 5) is 17.1. The van der Waals surface area contributed by atoms with E-state index >= 15 is 0 Å². The summed E-state index contributed by atoms with van der Waals surface area (Å²) in [5.74, 6) is 2.34. The van der Waals surface area contributed by atoms with Crippen LogP contribution >= 0.6 is 24.8 Å². The van der Waals surface area contributed by atoms with E-state index < -0.39 is 0 Å². The fourth-order valence-electron chi connectivity index (χ4n) is 3.49. The molecule has 8 heteroatoms. The Bertz CT molecular complexity index is 715. The van der Waals surface area contributed by atoms with Gasteiger partial charge in [-0.05, 0) is 56.0 Å². The van der Waals surface area contributed by atoms with Gasteiger partial charge in [0.25, 0.3) is 0 Å². The van der Waals surface area contributed by atoms with Crippen LogP contribution in [0, 0.1) is 5.92 Å². The second kappa shape index (κ2) is 11.9. The molecule has 1 aliphatic heterocycles. The zero-order chi connectivity index (χ0) is 18.4. The largest absolute Gasteiger partial charge is 0.497 e. The lowest BCUT2D eigenvalue weighted by Crippen LogP contribution is -2.32. The van der Waals surface area contributed by atoms with E-state index in [1.54, 1.807) is 13.3 Å². The van der Waals surface area contributed by atoms with Crippen molar-refractivity contribution in [1.29, 1.82) is 0 Å². The van der Waals surface area contributed by atoms with Crippen LogP contribution in [0.2, 0.25) is 0 Å². The fourth-order valence-corrected chi connectivity index (χ4v) is 3.49. The maximum absolute atomic E-state index is 12.6. The summed E-state index contributed by atoms with van der Waals surface area (Å²) in [7, 11) is 3.59. The van der Waals surface area contributed by atoms with Crippen LogP contribution in [0.25, 0.3) is 0 Å². The van der Waals surface area contributed by atoms with Crippen molar-refractivity contribution in [2.45, 2.75) is 31.7 Å². The summed E-state index contributed by atoms with van der Waals surface area (Å²) >= 11 is 0. The van der Waals surface area contributed by atoms with Crippen molar-refractivity contribution in [1.82, 2.24) is 20.2 Å². The quantitative estimate of drug-likeness (QED) is 0.709. The number of nitrogens with one attached hydrogen (secondary N) is 2. The van der Waals surface area contributed by atoms with Gasteiger partial charge in [0.2, 0.25) is 5.91 Å². The predicted molar refractivity (Wildman–Crippen MR) is 116 cm³/mol. The molecule has 6 nitrogen and oxygen atoms in total. The Morgan fingerprint density at radius 1 is 1.29 bits per heavy atom. The fraction of sp³-hybridized carbons (Fsp3) is 0.500. The van der Waals surface area contributed by atoms with Crippen LogP contribution in [-0.4, -0.2) is 35.7 Å². The molecule has 0 radical (unpaired) electrons. The minimum atomic E-state index is -0.263. The van der Waals surface area contributed by atoms with Gasteiger partial charge in [0.1, 0.15) is 17.6 Å². The lowest BCUT2D eigenvalue weighted by Gasteiger charge is -2.23. The lowest BCUT2D eigenvalue weighted by molar-refractivity contribution is -0.122. The maximum Gasteiger partial charge on any atom is 0.220 e. The Balaban J connectivity index is 0.00000196. The van der Waals surface area contributed by atoms with Gasteiger partial charge in [0, 0.05) is 25.9 Å². The van der Waals surface area contributed by atoms with Crippen LogP contribution in [0.3, 0.4) is 0 Å². The van der Waals surface area contributed by atoms with Crippen LogP contribution in [0.4, 0.5) is 0 Å².